The van der Waals surface area contributed by atoms with Gasteiger partial charge in [-0.15, -0.1) is 0 Å². The number of halogens is 3. The maximum atomic E-state index is 13.1. The average molecular weight is 284 g/mol. The second kappa shape index (κ2) is 5.44. The summed E-state index contributed by atoms with van der Waals surface area (Å²) < 4.78 is 43.8. The highest BCUT2D eigenvalue weighted by molar-refractivity contribution is 5.81. The number of ketones is 1. The third kappa shape index (κ3) is 2.87. The molecule has 7 heteroatoms. The molecule has 0 aliphatic heterocycles. The molecule has 0 atom stereocenters. The van der Waals surface area contributed by atoms with Crippen molar-refractivity contribution in [2.75, 3.05) is 0 Å². The van der Waals surface area contributed by atoms with Gasteiger partial charge in [0, 0.05) is 11.5 Å². The molecule has 106 valence electrons. The number of carbonyl (C=O) groups is 1. The van der Waals surface area contributed by atoms with Gasteiger partial charge in [-0.3, -0.25) is 4.79 Å². The first-order valence-electron chi connectivity index (χ1n) is 5.88. The Labute approximate surface area is 112 Å². The van der Waals surface area contributed by atoms with Gasteiger partial charge in [0.25, 0.3) is 0 Å². The Balaban J connectivity index is 2.27. The summed E-state index contributed by atoms with van der Waals surface area (Å²) in [6, 6.07) is 1.52. The Morgan fingerprint density at radius 2 is 1.85 bits per heavy atom. The summed E-state index contributed by atoms with van der Waals surface area (Å²) in [6.45, 7) is 3.45. The van der Waals surface area contributed by atoms with Gasteiger partial charge in [0.15, 0.2) is 17.5 Å². The first-order valence-corrected chi connectivity index (χ1v) is 5.88. The standard InChI is InChI=1S/C13H11F3N2O2/c1-6(2)10(19)5-11-17-13(18-20-11)7-3-8(14)12(16)9(15)4-7/h3-4,6H,5H2,1-2H3. The number of hydrogen-bond acceptors (Lipinski definition) is 4. The van der Waals surface area contributed by atoms with Crippen molar-refractivity contribution in [1.29, 1.82) is 0 Å². The predicted octanol–water partition coefficient (Wildman–Crippen LogP) is 2.92. The number of benzene rings is 1. The normalized spacial score (nSPS) is 11.1. The van der Waals surface area contributed by atoms with Gasteiger partial charge in [0.2, 0.25) is 11.7 Å². The van der Waals surface area contributed by atoms with Crippen molar-refractivity contribution in [2.45, 2.75) is 20.3 Å². The second-order valence-corrected chi connectivity index (χ2v) is 4.56. The van der Waals surface area contributed by atoms with Gasteiger partial charge >= 0.3 is 0 Å². The third-order valence-electron chi connectivity index (χ3n) is 2.68. The van der Waals surface area contributed by atoms with Crippen molar-refractivity contribution in [3.8, 4) is 11.4 Å². The lowest BCUT2D eigenvalue weighted by Crippen LogP contribution is -2.10. The molecule has 0 bridgehead atoms. The fraction of sp³-hybridized carbons (Fsp3) is 0.308. The largest absolute Gasteiger partial charge is 0.339 e. The van der Waals surface area contributed by atoms with E-state index in [1.54, 1.807) is 13.8 Å². The Kier molecular flexibility index (Phi) is 3.87. The highest BCUT2D eigenvalue weighted by Crippen LogP contribution is 2.21. The summed E-state index contributed by atoms with van der Waals surface area (Å²) in [4.78, 5) is 15.4. The minimum absolute atomic E-state index is 0.0452. The lowest BCUT2D eigenvalue weighted by Gasteiger charge is -1.99. The van der Waals surface area contributed by atoms with E-state index in [9.17, 15) is 18.0 Å². The van der Waals surface area contributed by atoms with Gasteiger partial charge < -0.3 is 4.52 Å². The van der Waals surface area contributed by atoms with Crippen molar-refractivity contribution < 1.29 is 22.5 Å². The van der Waals surface area contributed by atoms with E-state index in [1.165, 1.54) is 0 Å². The molecule has 4 nitrogen and oxygen atoms in total. The van der Waals surface area contributed by atoms with E-state index in [1.807, 2.05) is 0 Å². The van der Waals surface area contributed by atoms with Crippen LogP contribution in [0.25, 0.3) is 11.4 Å². The molecular formula is C13H11F3N2O2. The molecule has 2 rings (SSSR count). The van der Waals surface area contributed by atoms with Crippen molar-refractivity contribution in [3.05, 3.63) is 35.5 Å². The maximum Gasteiger partial charge on any atom is 0.234 e. The van der Waals surface area contributed by atoms with Crippen molar-refractivity contribution in [2.24, 2.45) is 5.92 Å². The number of Topliss-reactive ketones (excluding diaryl/α,β-unsaturated/α-hetero) is 1. The zero-order chi connectivity index (χ0) is 14.9. The molecule has 0 aliphatic rings. The van der Waals surface area contributed by atoms with Gasteiger partial charge in [-0.2, -0.15) is 4.98 Å². The highest BCUT2D eigenvalue weighted by atomic mass is 19.2. The minimum Gasteiger partial charge on any atom is -0.339 e. The lowest BCUT2D eigenvalue weighted by atomic mass is 10.1. The van der Waals surface area contributed by atoms with Gasteiger partial charge in [-0.1, -0.05) is 19.0 Å². The van der Waals surface area contributed by atoms with Crippen LogP contribution in [0.5, 0.6) is 0 Å². The van der Waals surface area contributed by atoms with E-state index in [2.05, 4.69) is 10.1 Å². The van der Waals surface area contributed by atoms with Gasteiger partial charge in [0.05, 0.1) is 6.42 Å². The molecule has 0 unspecified atom stereocenters. The lowest BCUT2D eigenvalue weighted by molar-refractivity contribution is -0.121. The van der Waals surface area contributed by atoms with E-state index in [4.69, 9.17) is 4.52 Å². The number of nitrogens with zero attached hydrogens (tertiary/aromatic N) is 2. The highest BCUT2D eigenvalue weighted by Gasteiger charge is 2.17. The SMILES string of the molecule is CC(C)C(=O)Cc1nc(-c2cc(F)c(F)c(F)c2)no1. The molecular weight excluding hydrogens is 273 g/mol. The van der Waals surface area contributed by atoms with Crippen LogP contribution in [0.4, 0.5) is 13.2 Å². The van der Waals surface area contributed by atoms with Crippen LogP contribution in [0.2, 0.25) is 0 Å². The van der Waals surface area contributed by atoms with E-state index in [0.29, 0.717) is 0 Å². The molecule has 1 aromatic carbocycles. The molecule has 0 fully saturated rings. The molecule has 1 heterocycles. The number of rotatable bonds is 4. The summed E-state index contributed by atoms with van der Waals surface area (Å²) in [6.07, 6.45) is -0.0587. The van der Waals surface area contributed by atoms with Crippen LogP contribution in [0.15, 0.2) is 16.7 Å². The molecule has 0 amide bonds. The molecule has 0 N–H and O–H groups in total. The van der Waals surface area contributed by atoms with E-state index in [-0.39, 0.29) is 35.4 Å². The van der Waals surface area contributed by atoms with Crippen molar-refractivity contribution in [3.63, 3.8) is 0 Å². The molecule has 1 aromatic heterocycles. The molecule has 0 radical (unpaired) electrons. The zero-order valence-electron chi connectivity index (χ0n) is 10.8. The summed E-state index contributed by atoms with van der Waals surface area (Å²) in [7, 11) is 0. The molecule has 0 saturated carbocycles. The molecule has 0 aliphatic carbocycles. The first-order chi connectivity index (χ1) is 9.38. The average Bonchev–Trinajstić information content (AvgIpc) is 2.83. The van der Waals surface area contributed by atoms with Crippen LogP contribution in [0, 0.1) is 23.4 Å². The first kappa shape index (κ1) is 14.2. The second-order valence-electron chi connectivity index (χ2n) is 4.56. The summed E-state index contributed by atoms with van der Waals surface area (Å²) >= 11 is 0. The van der Waals surface area contributed by atoms with E-state index in [0.717, 1.165) is 12.1 Å². The van der Waals surface area contributed by atoms with Gasteiger partial charge in [-0.05, 0) is 12.1 Å². The fourth-order valence-corrected chi connectivity index (χ4v) is 1.48. The Morgan fingerprint density at radius 3 is 2.40 bits per heavy atom. The van der Waals surface area contributed by atoms with Crippen LogP contribution < -0.4 is 0 Å². The van der Waals surface area contributed by atoms with E-state index < -0.39 is 17.5 Å². The summed E-state index contributed by atoms with van der Waals surface area (Å²) in [5.74, 6) is -4.59. The third-order valence-corrected chi connectivity index (χ3v) is 2.68. The maximum absolute atomic E-state index is 13.1. The predicted molar refractivity (Wildman–Crippen MR) is 63.2 cm³/mol. The zero-order valence-corrected chi connectivity index (χ0v) is 10.8. The van der Waals surface area contributed by atoms with Crippen LogP contribution in [0.3, 0.4) is 0 Å². The smallest absolute Gasteiger partial charge is 0.234 e. The monoisotopic (exact) mass is 284 g/mol. The minimum atomic E-state index is -1.56. The van der Waals surface area contributed by atoms with E-state index >= 15 is 0 Å². The van der Waals surface area contributed by atoms with Crippen LogP contribution >= 0.6 is 0 Å². The number of carbonyl (C=O) groups excluding carboxylic acids is 1. The topological polar surface area (TPSA) is 56.0 Å². The molecule has 0 spiro atoms. The Bertz CT molecular complexity index is 630. The van der Waals surface area contributed by atoms with Gasteiger partial charge in [0.1, 0.15) is 5.78 Å². The Morgan fingerprint density at radius 1 is 1.25 bits per heavy atom. The molecule has 20 heavy (non-hydrogen) atoms. The number of hydrogen-bond donors (Lipinski definition) is 0. The summed E-state index contributed by atoms with van der Waals surface area (Å²) in [5, 5.41) is 3.52. The van der Waals surface area contributed by atoms with Gasteiger partial charge in [-0.25, -0.2) is 13.2 Å². The van der Waals surface area contributed by atoms with Crippen LogP contribution in [-0.2, 0) is 11.2 Å². The van der Waals surface area contributed by atoms with Crippen LogP contribution in [0.1, 0.15) is 19.7 Å². The quantitative estimate of drug-likeness (QED) is 0.810. The van der Waals surface area contributed by atoms with Crippen LogP contribution in [-0.4, -0.2) is 15.9 Å². The summed E-state index contributed by atoms with van der Waals surface area (Å²) in [5.41, 5.74) is -0.0617. The molecule has 2 aromatic rings. The fourth-order valence-electron chi connectivity index (χ4n) is 1.48. The number of aromatic nitrogens is 2. The van der Waals surface area contributed by atoms with Crippen molar-refractivity contribution in [1.82, 2.24) is 10.1 Å². The molecule has 0 saturated heterocycles. The Hall–Kier alpha value is -2.18. The van der Waals surface area contributed by atoms with Crippen molar-refractivity contribution >= 4 is 5.78 Å².